The molecule has 1 rings (SSSR count). The zero-order chi connectivity index (χ0) is 12.3. The van der Waals surface area contributed by atoms with E-state index in [0.29, 0.717) is 0 Å². The first kappa shape index (κ1) is 12.6. The van der Waals surface area contributed by atoms with Crippen LogP contribution in [0.5, 0.6) is 0 Å². The van der Waals surface area contributed by atoms with Crippen LogP contribution in [0.4, 0.5) is 24.5 Å². The van der Waals surface area contributed by atoms with Crippen LogP contribution in [-0.2, 0) is 6.18 Å². The first-order chi connectivity index (χ1) is 7.34. The Balaban J connectivity index is 3.00. The third-order valence-corrected chi connectivity index (χ3v) is 1.90. The van der Waals surface area contributed by atoms with E-state index in [-0.39, 0.29) is 24.0 Å². The Labute approximate surface area is 90.3 Å². The fourth-order valence-electron chi connectivity index (χ4n) is 1.06. The summed E-state index contributed by atoms with van der Waals surface area (Å²) in [6, 6.07) is 0.437. The Bertz CT molecular complexity index is 368. The topological polar surface area (TPSA) is 71.2 Å². The standard InChI is InChI=1S/C9H12F3N3O/c1-5(4-16)15-7-2-8(9(10,11)12)14-3-6(7)13/h2-3,5,16H,4,13H2,1H3,(H,14,15). The molecule has 0 fully saturated rings. The molecule has 0 saturated carbocycles. The molecule has 0 aliphatic rings. The van der Waals surface area contributed by atoms with Crippen molar-refractivity contribution in [1.29, 1.82) is 0 Å². The minimum absolute atomic E-state index is 0.105. The zero-order valence-corrected chi connectivity index (χ0v) is 8.54. The van der Waals surface area contributed by atoms with Crippen LogP contribution >= 0.6 is 0 Å². The van der Waals surface area contributed by atoms with Crippen LogP contribution in [0, 0.1) is 0 Å². The molecule has 1 atom stereocenters. The summed E-state index contributed by atoms with van der Waals surface area (Å²) in [5, 5.41) is 11.4. The van der Waals surface area contributed by atoms with Crippen LogP contribution in [0.3, 0.4) is 0 Å². The van der Waals surface area contributed by atoms with Gasteiger partial charge in [-0.25, -0.2) is 4.98 Å². The van der Waals surface area contributed by atoms with Gasteiger partial charge in [-0.3, -0.25) is 0 Å². The van der Waals surface area contributed by atoms with Crippen molar-refractivity contribution in [2.24, 2.45) is 0 Å². The summed E-state index contributed by atoms with van der Waals surface area (Å²) in [5.41, 5.74) is 4.66. The van der Waals surface area contributed by atoms with Crippen LogP contribution in [0.1, 0.15) is 12.6 Å². The van der Waals surface area contributed by atoms with Crippen molar-refractivity contribution >= 4 is 11.4 Å². The van der Waals surface area contributed by atoms with Gasteiger partial charge in [0.15, 0.2) is 0 Å². The van der Waals surface area contributed by atoms with Crippen molar-refractivity contribution in [1.82, 2.24) is 4.98 Å². The molecule has 1 aromatic heterocycles. The SMILES string of the molecule is CC(CO)Nc1cc(C(F)(F)F)ncc1N. The van der Waals surface area contributed by atoms with E-state index in [1.54, 1.807) is 6.92 Å². The molecule has 0 saturated heterocycles. The third kappa shape index (κ3) is 2.99. The van der Waals surface area contributed by atoms with Gasteiger partial charge < -0.3 is 16.2 Å². The van der Waals surface area contributed by atoms with Gasteiger partial charge in [-0.15, -0.1) is 0 Å². The minimum atomic E-state index is -4.51. The van der Waals surface area contributed by atoms with Gasteiger partial charge in [0.1, 0.15) is 5.69 Å². The molecule has 0 amide bonds. The average Bonchev–Trinajstić information content (AvgIpc) is 2.19. The number of nitrogen functional groups attached to an aromatic ring is 1. The van der Waals surface area contributed by atoms with E-state index in [2.05, 4.69) is 10.3 Å². The summed E-state index contributed by atoms with van der Waals surface area (Å²) >= 11 is 0. The van der Waals surface area contributed by atoms with E-state index in [1.807, 2.05) is 0 Å². The number of alkyl halides is 3. The second-order valence-electron chi connectivity index (χ2n) is 3.38. The Hall–Kier alpha value is -1.50. The molecule has 16 heavy (non-hydrogen) atoms. The van der Waals surface area contributed by atoms with Gasteiger partial charge in [-0.2, -0.15) is 13.2 Å². The highest BCUT2D eigenvalue weighted by atomic mass is 19.4. The summed E-state index contributed by atoms with van der Waals surface area (Å²) in [6.45, 7) is 1.41. The smallest absolute Gasteiger partial charge is 0.396 e. The van der Waals surface area contributed by atoms with Crippen molar-refractivity contribution < 1.29 is 18.3 Å². The maximum Gasteiger partial charge on any atom is 0.433 e. The van der Waals surface area contributed by atoms with E-state index in [0.717, 1.165) is 12.3 Å². The molecule has 0 spiro atoms. The number of halogens is 3. The van der Waals surface area contributed by atoms with Crippen molar-refractivity contribution in [2.45, 2.75) is 19.1 Å². The number of nitrogens with one attached hydrogen (secondary N) is 1. The fourth-order valence-corrected chi connectivity index (χ4v) is 1.06. The van der Waals surface area contributed by atoms with Crippen LogP contribution < -0.4 is 11.1 Å². The Morgan fingerprint density at radius 3 is 2.69 bits per heavy atom. The first-order valence-electron chi connectivity index (χ1n) is 4.54. The lowest BCUT2D eigenvalue weighted by molar-refractivity contribution is -0.141. The largest absolute Gasteiger partial charge is 0.433 e. The summed E-state index contributed by atoms with van der Waals surface area (Å²) < 4.78 is 37.0. The molecule has 0 bridgehead atoms. The average molecular weight is 235 g/mol. The maximum absolute atomic E-state index is 12.3. The molecule has 0 aromatic carbocycles. The number of hydrogen-bond donors (Lipinski definition) is 3. The minimum Gasteiger partial charge on any atom is -0.396 e. The van der Waals surface area contributed by atoms with E-state index in [4.69, 9.17) is 10.8 Å². The fraction of sp³-hybridized carbons (Fsp3) is 0.444. The molecule has 7 heteroatoms. The quantitative estimate of drug-likeness (QED) is 0.742. The van der Waals surface area contributed by atoms with Gasteiger partial charge in [-0.05, 0) is 13.0 Å². The van der Waals surface area contributed by atoms with E-state index >= 15 is 0 Å². The first-order valence-corrected chi connectivity index (χ1v) is 4.54. The monoisotopic (exact) mass is 235 g/mol. The van der Waals surface area contributed by atoms with Crippen LogP contribution in [0.25, 0.3) is 0 Å². The number of rotatable bonds is 3. The maximum atomic E-state index is 12.3. The lowest BCUT2D eigenvalue weighted by atomic mass is 10.2. The molecule has 90 valence electrons. The van der Waals surface area contributed by atoms with Gasteiger partial charge in [0.25, 0.3) is 0 Å². The molecule has 0 aliphatic carbocycles. The van der Waals surface area contributed by atoms with Crippen molar-refractivity contribution in [2.75, 3.05) is 17.7 Å². The summed E-state index contributed by atoms with van der Waals surface area (Å²) in [4.78, 5) is 3.19. The van der Waals surface area contributed by atoms with Crippen LogP contribution in [-0.4, -0.2) is 22.7 Å². The molecular weight excluding hydrogens is 223 g/mol. The van der Waals surface area contributed by atoms with E-state index < -0.39 is 11.9 Å². The van der Waals surface area contributed by atoms with Crippen molar-refractivity contribution in [3.63, 3.8) is 0 Å². The third-order valence-electron chi connectivity index (χ3n) is 1.90. The van der Waals surface area contributed by atoms with Gasteiger partial charge in [0.2, 0.25) is 0 Å². The molecule has 0 aliphatic heterocycles. The number of hydrogen-bond acceptors (Lipinski definition) is 4. The molecule has 0 radical (unpaired) electrons. The normalized spacial score (nSPS) is 13.6. The predicted octanol–water partition coefficient (Wildman–Crippen LogP) is 1.48. The Kier molecular flexibility index (Phi) is 3.58. The molecule has 4 N–H and O–H groups in total. The zero-order valence-electron chi connectivity index (χ0n) is 8.54. The van der Waals surface area contributed by atoms with Gasteiger partial charge in [0.05, 0.1) is 24.2 Å². The van der Waals surface area contributed by atoms with Gasteiger partial charge in [0, 0.05) is 6.04 Å². The summed E-state index contributed by atoms with van der Waals surface area (Å²) in [5.74, 6) is 0. The second-order valence-corrected chi connectivity index (χ2v) is 3.38. The number of nitrogens with two attached hydrogens (primary N) is 1. The van der Waals surface area contributed by atoms with Crippen molar-refractivity contribution in [3.8, 4) is 0 Å². The Morgan fingerprint density at radius 1 is 1.56 bits per heavy atom. The highest BCUT2D eigenvalue weighted by Crippen LogP contribution is 2.31. The number of aliphatic hydroxyl groups excluding tert-OH is 1. The molecule has 4 nitrogen and oxygen atoms in total. The Morgan fingerprint density at radius 2 is 2.19 bits per heavy atom. The van der Waals surface area contributed by atoms with E-state index in [1.165, 1.54) is 0 Å². The number of anilines is 2. The highest BCUT2D eigenvalue weighted by molar-refractivity contribution is 5.65. The second kappa shape index (κ2) is 4.56. The van der Waals surface area contributed by atoms with Crippen LogP contribution in [0.2, 0.25) is 0 Å². The number of aromatic nitrogens is 1. The highest BCUT2D eigenvalue weighted by Gasteiger charge is 2.33. The number of aliphatic hydroxyl groups is 1. The van der Waals surface area contributed by atoms with Gasteiger partial charge in [-0.1, -0.05) is 0 Å². The number of nitrogens with zero attached hydrogens (tertiary/aromatic N) is 1. The molecule has 1 unspecified atom stereocenters. The van der Waals surface area contributed by atoms with Crippen molar-refractivity contribution in [3.05, 3.63) is 18.0 Å². The van der Waals surface area contributed by atoms with Gasteiger partial charge >= 0.3 is 6.18 Å². The predicted molar refractivity (Wildman–Crippen MR) is 53.8 cm³/mol. The molecule has 1 heterocycles. The molecular formula is C9H12F3N3O. The lowest BCUT2D eigenvalue weighted by Crippen LogP contribution is -2.21. The van der Waals surface area contributed by atoms with E-state index in [9.17, 15) is 13.2 Å². The summed E-state index contributed by atoms with van der Waals surface area (Å²) in [6.07, 6.45) is -3.57. The molecule has 1 aromatic rings. The van der Waals surface area contributed by atoms with Crippen LogP contribution in [0.15, 0.2) is 12.3 Å². The summed E-state index contributed by atoms with van der Waals surface area (Å²) in [7, 11) is 0. The number of pyridine rings is 1. The lowest BCUT2D eigenvalue weighted by Gasteiger charge is -2.15.